The third-order valence-corrected chi connectivity index (χ3v) is 6.11. The van der Waals surface area contributed by atoms with Crippen molar-refractivity contribution in [3.63, 3.8) is 0 Å². The van der Waals surface area contributed by atoms with Crippen LogP contribution in [0, 0.1) is 0 Å². The molecule has 2 amide bonds. The summed E-state index contributed by atoms with van der Waals surface area (Å²) >= 11 is 1.35. The third-order valence-electron chi connectivity index (χ3n) is 4.83. The minimum absolute atomic E-state index is 0.0463. The van der Waals surface area contributed by atoms with Gasteiger partial charge in [-0.25, -0.2) is 0 Å². The quantitative estimate of drug-likeness (QED) is 0.800. The largest absolute Gasteiger partial charge is 0.456 e. The lowest BCUT2D eigenvalue weighted by molar-refractivity contribution is -0.153. The minimum atomic E-state index is -0.536. The maximum absolute atomic E-state index is 12.4. The van der Waals surface area contributed by atoms with E-state index in [1.807, 2.05) is 29.2 Å². The highest BCUT2D eigenvalue weighted by molar-refractivity contribution is 8.01. The number of hydrogen-bond acceptors (Lipinski definition) is 5. The molecule has 2 aliphatic heterocycles. The molecule has 1 saturated heterocycles. The van der Waals surface area contributed by atoms with Crippen molar-refractivity contribution in [1.29, 1.82) is 0 Å². The highest BCUT2D eigenvalue weighted by Gasteiger charge is 2.30. The van der Waals surface area contributed by atoms with Crippen LogP contribution in [0.3, 0.4) is 0 Å². The molecule has 0 aromatic heterocycles. The van der Waals surface area contributed by atoms with Gasteiger partial charge in [-0.1, -0.05) is 19.1 Å². The van der Waals surface area contributed by atoms with Crippen LogP contribution in [0.4, 0.5) is 5.69 Å². The summed E-state index contributed by atoms with van der Waals surface area (Å²) in [4.78, 5) is 39.4. The van der Waals surface area contributed by atoms with Gasteiger partial charge in [0.2, 0.25) is 5.91 Å². The number of fused-ring (bicyclic) bond motifs is 1. The Morgan fingerprint density at radius 3 is 2.92 bits per heavy atom. The zero-order valence-corrected chi connectivity index (χ0v) is 15.7. The van der Waals surface area contributed by atoms with E-state index in [4.69, 9.17) is 4.74 Å². The molecule has 140 valence electrons. The second-order valence-electron chi connectivity index (χ2n) is 6.60. The highest BCUT2D eigenvalue weighted by atomic mass is 32.2. The Morgan fingerprint density at radius 2 is 2.12 bits per heavy atom. The molecule has 2 atom stereocenters. The van der Waals surface area contributed by atoms with Crippen LogP contribution in [0.1, 0.15) is 39.0 Å². The number of esters is 1. The van der Waals surface area contributed by atoms with Crippen LogP contribution in [0.2, 0.25) is 0 Å². The van der Waals surface area contributed by atoms with Gasteiger partial charge in [-0.2, -0.15) is 0 Å². The highest BCUT2D eigenvalue weighted by Crippen LogP contribution is 2.36. The molecule has 1 fully saturated rings. The first kappa shape index (κ1) is 18.8. The lowest BCUT2D eigenvalue weighted by Crippen LogP contribution is -2.45. The fourth-order valence-corrected chi connectivity index (χ4v) is 4.51. The van der Waals surface area contributed by atoms with Gasteiger partial charge < -0.3 is 15.0 Å². The van der Waals surface area contributed by atoms with E-state index in [-0.39, 0.29) is 30.9 Å². The molecule has 0 saturated carbocycles. The van der Waals surface area contributed by atoms with Crippen molar-refractivity contribution >= 4 is 35.2 Å². The third kappa shape index (κ3) is 4.38. The number of anilines is 1. The molecule has 2 aliphatic rings. The molecule has 26 heavy (non-hydrogen) atoms. The van der Waals surface area contributed by atoms with Gasteiger partial charge in [0.05, 0.1) is 17.4 Å². The first-order chi connectivity index (χ1) is 12.6. The molecule has 0 spiro atoms. The number of amides is 2. The number of carbonyl (C=O) groups excluding carboxylic acids is 3. The Labute approximate surface area is 157 Å². The van der Waals surface area contributed by atoms with E-state index in [1.54, 1.807) is 0 Å². The van der Waals surface area contributed by atoms with Gasteiger partial charge in [-0.3, -0.25) is 14.4 Å². The molecule has 0 unspecified atom stereocenters. The van der Waals surface area contributed by atoms with Gasteiger partial charge in [-0.15, -0.1) is 11.8 Å². The molecule has 1 aromatic carbocycles. The van der Waals surface area contributed by atoms with E-state index in [0.29, 0.717) is 0 Å². The number of nitrogens with one attached hydrogen (secondary N) is 1. The second-order valence-corrected chi connectivity index (χ2v) is 7.85. The molecule has 2 heterocycles. The molecule has 1 aromatic rings. The number of ether oxygens (including phenoxy) is 1. The predicted molar refractivity (Wildman–Crippen MR) is 99.9 cm³/mol. The number of piperidine rings is 1. The van der Waals surface area contributed by atoms with E-state index < -0.39 is 11.2 Å². The Hall–Kier alpha value is -2.02. The van der Waals surface area contributed by atoms with Gasteiger partial charge in [0.15, 0.2) is 6.61 Å². The van der Waals surface area contributed by atoms with E-state index in [9.17, 15) is 14.4 Å². The maximum Gasteiger partial charge on any atom is 0.307 e. The van der Waals surface area contributed by atoms with Crippen molar-refractivity contribution in [3.05, 3.63) is 24.3 Å². The van der Waals surface area contributed by atoms with Crippen molar-refractivity contribution < 1.29 is 19.1 Å². The average Bonchev–Trinajstić information content (AvgIpc) is 2.66. The summed E-state index contributed by atoms with van der Waals surface area (Å²) in [6.07, 6.45) is 4.01. The molecule has 3 rings (SSSR count). The van der Waals surface area contributed by atoms with Gasteiger partial charge >= 0.3 is 5.97 Å². The summed E-state index contributed by atoms with van der Waals surface area (Å²) < 4.78 is 5.17. The number of likely N-dealkylation sites (tertiary alicyclic amines) is 1. The van der Waals surface area contributed by atoms with Gasteiger partial charge in [0.1, 0.15) is 0 Å². The standard InChI is InChI=1S/C19H24N2O4S/c1-2-13-7-5-6-10-21(13)17(22)12-25-18(23)11-16-19(24)20-14-8-3-4-9-15(14)26-16/h3-4,8-9,13,16H,2,5-7,10-12H2,1H3,(H,20,24)/t13-,16-/m0/s1. The van der Waals surface area contributed by atoms with E-state index in [2.05, 4.69) is 12.2 Å². The minimum Gasteiger partial charge on any atom is -0.456 e. The molecule has 0 radical (unpaired) electrons. The van der Waals surface area contributed by atoms with Crippen molar-refractivity contribution in [2.24, 2.45) is 0 Å². The summed E-state index contributed by atoms with van der Waals surface area (Å²) in [7, 11) is 0. The number of nitrogens with zero attached hydrogens (tertiary/aromatic N) is 1. The monoisotopic (exact) mass is 376 g/mol. The molecular formula is C19H24N2O4S. The smallest absolute Gasteiger partial charge is 0.307 e. The number of benzene rings is 1. The average molecular weight is 376 g/mol. The van der Waals surface area contributed by atoms with Crippen molar-refractivity contribution in [2.75, 3.05) is 18.5 Å². The summed E-state index contributed by atoms with van der Waals surface area (Å²) in [6.45, 7) is 2.55. The number of rotatable bonds is 5. The summed E-state index contributed by atoms with van der Waals surface area (Å²) in [5.74, 6) is -0.870. The Bertz CT molecular complexity index is 694. The first-order valence-corrected chi connectivity index (χ1v) is 9.98. The Balaban J connectivity index is 1.50. The van der Waals surface area contributed by atoms with Crippen LogP contribution in [0.15, 0.2) is 29.2 Å². The van der Waals surface area contributed by atoms with Crippen molar-refractivity contribution in [3.8, 4) is 0 Å². The fraction of sp³-hybridized carbons (Fsp3) is 0.526. The molecule has 6 nitrogen and oxygen atoms in total. The fourth-order valence-electron chi connectivity index (χ4n) is 3.42. The first-order valence-electron chi connectivity index (χ1n) is 9.10. The lowest BCUT2D eigenvalue weighted by atomic mass is 10.00. The van der Waals surface area contributed by atoms with E-state index >= 15 is 0 Å². The van der Waals surface area contributed by atoms with Gasteiger partial charge in [0.25, 0.3) is 5.91 Å². The topological polar surface area (TPSA) is 75.7 Å². The van der Waals surface area contributed by atoms with Crippen LogP contribution < -0.4 is 5.32 Å². The molecular weight excluding hydrogens is 352 g/mol. The van der Waals surface area contributed by atoms with E-state index in [0.717, 1.165) is 42.8 Å². The predicted octanol–water partition coefficient (Wildman–Crippen LogP) is 2.82. The van der Waals surface area contributed by atoms with Crippen LogP contribution in [-0.4, -0.2) is 47.1 Å². The zero-order valence-electron chi connectivity index (χ0n) is 14.9. The second kappa shape index (κ2) is 8.58. The zero-order chi connectivity index (χ0) is 18.5. The van der Waals surface area contributed by atoms with Crippen LogP contribution in [0.5, 0.6) is 0 Å². The normalized spacial score (nSPS) is 22.3. The molecule has 1 N–H and O–H groups in total. The Morgan fingerprint density at radius 1 is 1.31 bits per heavy atom. The van der Waals surface area contributed by atoms with Gasteiger partial charge in [0, 0.05) is 17.5 Å². The molecule has 7 heteroatoms. The summed E-state index contributed by atoms with van der Waals surface area (Å²) in [5.41, 5.74) is 0.762. The number of thioether (sulfide) groups is 1. The van der Waals surface area contributed by atoms with Gasteiger partial charge in [-0.05, 0) is 37.8 Å². The number of carbonyl (C=O) groups is 3. The number of hydrogen-bond donors (Lipinski definition) is 1. The maximum atomic E-state index is 12.4. The number of para-hydroxylation sites is 1. The van der Waals surface area contributed by atoms with Crippen LogP contribution >= 0.6 is 11.8 Å². The lowest BCUT2D eigenvalue weighted by Gasteiger charge is -2.35. The summed E-state index contributed by atoms with van der Waals surface area (Å²) in [5, 5.41) is 2.27. The van der Waals surface area contributed by atoms with Crippen molar-refractivity contribution in [2.45, 2.75) is 55.2 Å². The SMILES string of the molecule is CC[C@H]1CCCCN1C(=O)COC(=O)C[C@@H]1Sc2ccccc2NC1=O. The Kier molecular flexibility index (Phi) is 6.19. The summed E-state index contributed by atoms with van der Waals surface area (Å²) in [6, 6.07) is 7.72. The molecule has 0 aliphatic carbocycles. The van der Waals surface area contributed by atoms with Crippen LogP contribution in [-0.2, 0) is 19.1 Å². The van der Waals surface area contributed by atoms with Crippen LogP contribution in [0.25, 0.3) is 0 Å². The van der Waals surface area contributed by atoms with Crippen molar-refractivity contribution in [1.82, 2.24) is 4.90 Å². The molecule has 0 bridgehead atoms. The van der Waals surface area contributed by atoms with E-state index in [1.165, 1.54) is 11.8 Å².